The van der Waals surface area contributed by atoms with Crippen molar-refractivity contribution in [3.63, 3.8) is 0 Å². The second-order valence-corrected chi connectivity index (χ2v) is 7.84. The Balaban J connectivity index is 1.65. The molecule has 130 valence electrons. The lowest BCUT2D eigenvalue weighted by Crippen LogP contribution is -1.85. The summed E-state index contributed by atoms with van der Waals surface area (Å²) in [4.78, 5) is 9.60. The molecule has 0 aliphatic carbocycles. The molecule has 3 nitrogen and oxygen atoms in total. The molecule has 0 fully saturated rings. The highest BCUT2D eigenvalue weighted by Gasteiger charge is 2.13. The molecule has 0 atom stereocenters. The minimum Gasteiger partial charge on any atom is -0.497 e. The zero-order valence-electron chi connectivity index (χ0n) is 14.8. The summed E-state index contributed by atoms with van der Waals surface area (Å²) in [6.07, 6.45) is 0. The molecule has 0 amide bonds. The smallest absolute Gasteiger partial charge is 0.152 e. The number of hydrogen-bond donors (Lipinski definition) is 0. The maximum absolute atomic E-state index is 5.30. The van der Waals surface area contributed by atoms with Crippen LogP contribution < -0.4 is 4.74 Å². The highest BCUT2D eigenvalue weighted by molar-refractivity contribution is 7.20. The number of benzene rings is 2. The van der Waals surface area contributed by atoms with Crippen LogP contribution in [0.5, 0.6) is 5.75 Å². The molecule has 0 bridgehead atoms. The summed E-state index contributed by atoms with van der Waals surface area (Å²) in [5.74, 6) is 0.837. The Hall–Kier alpha value is -2.50. The molecule has 2 heterocycles. The number of hydrogen-bond acceptors (Lipinski definition) is 5. The van der Waals surface area contributed by atoms with Gasteiger partial charge in [-0.1, -0.05) is 35.9 Å². The van der Waals surface area contributed by atoms with Gasteiger partial charge < -0.3 is 4.74 Å². The van der Waals surface area contributed by atoms with Crippen LogP contribution in [-0.2, 0) is 0 Å². The van der Waals surface area contributed by atoms with Crippen molar-refractivity contribution in [3.8, 4) is 38.3 Å². The molecule has 0 radical (unpaired) electrons. The van der Waals surface area contributed by atoms with Crippen molar-refractivity contribution in [1.82, 2.24) is 9.97 Å². The number of ether oxygens (including phenoxy) is 1. The zero-order valence-corrected chi connectivity index (χ0v) is 16.4. The van der Waals surface area contributed by atoms with Crippen molar-refractivity contribution in [3.05, 3.63) is 64.4 Å². The van der Waals surface area contributed by atoms with Crippen LogP contribution in [0.2, 0.25) is 0 Å². The summed E-state index contributed by atoms with van der Waals surface area (Å²) < 4.78 is 5.30. The maximum Gasteiger partial charge on any atom is 0.152 e. The van der Waals surface area contributed by atoms with E-state index in [1.165, 1.54) is 16.7 Å². The molecule has 0 spiro atoms. The van der Waals surface area contributed by atoms with Gasteiger partial charge in [-0.3, -0.25) is 0 Å². The van der Waals surface area contributed by atoms with E-state index in [-0.39, 0.29) is 0 Å². The number of aryl methyl sites for hydroxylation is 2. The Morgan fingerprint density at radius 2 is 1.58 bits per heavy atom. The first-order valence-corrected chi connectivity index (χ1v) is 10.0. The number of nitrogens with zero attached hydrogens (tertiary/aromatic N) is 2. The van der Waals surface area contributed by atoms with Gasteiger partial charge >= 0.3 is 0 Å². The van der Waals surface area contributed by atoms with Gasteiger partial charge in [0.15, 0.2) is 10.0 Å². The fourth-order valence-electron chi connectivity index (χ4n) is 2.88. The predicted octanol–water partition coefficient (Wildman–Crippen LogP) is 6.23. The van der Waals surface area contributed by atoms with Gasteiger partial charge in [0.1, 0.15) is 5.75 Å². The lowest BCUT2D eigenvalue weighted by Gasteiger charge is -2.03. The molecular weight excluding hydrogens is 360 g/mol. The summed E-state index contributed by atoms with van der Waals surface area (Å²) in [5.41, 5.74) is 6.72. The maximum atomic E-state index is 5.30. The minimum atomic E-state index is 0.837. The standard InChI is InChI=1S/C21H18N2OS2/c1-13-7-8-17(14(2)9-13)19-12-26-21(23-19)20-22-18(11-25-20)15-5-4-6-16(10-15)24-3/h4-12H,1-3H3. The monoisotopic (exact) mass is 378 g/mol. The van der Waals surface area contributed by atoms with Gasteiger partial charge in [-0.15, -0.1) is 22.7 Å². The van der Waals surface area contributed by atoms with Crippen molar-refractivity contribution in [1.29, 1.82) is 0 Å². The van der Waals surface area contributed by atoms with Crippen molar-refractivity contribution in [2.24, 2.45) is 0 Å². The molecule has 0 aliphatic heterocycles. The van der Waals surface area contributed by atoms with Crippen LogP contribution in [0.15, 0.2) is 53.2 Å². The van der Waals surface area contributed by atoms with Crippen LogP contribution in [0.25, 0.3) is 32.5 Å². The van der Waals surface area contributed by atoms with Crippen LogP contribution in [0.1, 0.15) is 11.1 Å². The molecule has 5 heteroatoms. The van der Waals surface area contributed by atoms with E-state index in [1.807, 2.05) is 24.3 Å². The largest absolute Gasteiger partial charge is 0.497 e. The Morgan fingerprint density at radius 3 is 2.31 bits per heavy atom. The summed E-state index contributed by atoms with van der Waals surface area (Å²) in [6, 6.07) is 14.4. The number of thiazole rings is 2. The van der Waals surface area contributed by atoms with Crippen LogP contribution in [0.3, 0.4) is 0 Å². The molecule has 2 aromatic carbocycles. The first kappa shape index (κ1) is 16.9. The quantitative estimate of drug-likeness (QED) is 0.422. The Kier molecular flexibility index (Phi) is 4.57. The highest BCUT2D eigenvalue weighted by atomic mass is 32.1. The zero-order chi connectivity index (χ0) is 18.1. The molecule has 4 rings (SSSR count). The van der Waals surface area contributed by atoms with E-state index < -0.39 is 0 Å². The number of aromatic nitrogens is 2. The lowest BCUT2D eigenvalue weighted by atomic mass is 10.0. The summed E-state index contributed by atoms with van der Waals surface area (Å²) in [7, 11) is 1.68. The van der Waals surface area contributed by atoms with Crippen LogP contribution >= 0.6 is 22.7 Å². The molecule has 0 saturated heterocycles. The normalized spacial score (nSPS) is 10.9. The summed E-state index contributed by atoms with van der Waals surface area (Å²) in [5, 5.41) is 6.09. The SMILES string of the molecule is COc1cccc(-c2csc(-c3nc(-c4ccc(C)cc4C)cs3)n2)c1. The van der Waals surface area contributed by atoms with E-state index in [4.69, 9.17) is 14.7 Å². The van der Waals surface area contributed by atoms with E-state index in [0.717, 1.165) is 32.7 Å². The van der Waals surface area contributed by atoms with Crippen LogP contribution in [0.4, 0.5) is 0 Å². The number of rotatable bonds is 4. The Labute approximate surface area is 161 Å². The third-order valence-corrected chi connectivity index (χ3v) is 6.04. The second kappa shape index (κ2) is 7.02. The average molecular weight is 379 g/mol. The first-order valence-electron chi connectivity index (χ1n) is 8.27. The van der Waals surface area contributed by atoms with Crippen molar-refractivity contribution >= 4 is 22.7 Å². The summed E-state index contributed by atoms with van der Waals surface area (Å²) >= 11 is 3.26. The van der Waals surface area contributed by atoms with E-state index in [0.29, 0.717) is 0 Å². The molecular formula is C21H18N2OS2. The number of methoxy groups -OCH3 is 1. The molecule has 0 saturated carbocycles. The van der Waals surface area contributed by atoms with E-state index in [1.54, 1.807) is 29.8 Å². The Bertz CT molecular complexity index is 1070. The van der Waals surface area contributed by atoms with Crippen molar-refractivity contribution in [2.75, 3.05) is 7.11 Å². The van der Waals surface area contributed by atoms with Crippen molar-refractivity contribution < 1.29 is 4.74 Å². The fourth-order valence-corrected chi connectivity index (χ4v) is 4.58. The van der Waals surface area contributed by atoms with Crippen molar-refractivity contribution in [2.45, 2.75) is 13.8 Å². The van der Waals surface area contributed by atoms with Crippen LogP contribution in [0, 0.1) is 13.8 Å². The van der Waals surface area contributed by atoms with Gasteiger partial charge in [0.05, 0.1) is 18.5 Å². The molecule has 0 unspecified atom stereocenters. The summed E-state index contributed by atoms with van der Waals surface area (Å²) in [6.45, 7) is 4.24. The average Bonchev–Trinajstić information content (AvgIpc) is 3.31. The topological polar surface area (TPSA) is 35.0 Å². The van der Waals surface area contributed by atoms with E-state index in [9.17, 15) is 0 Å². The molecule has 2 aromatic heterocycles. The van der Waals surface area contributed by atoms with Gasteiger partial charge in [-0.25, -0.2) is 9.97 Å². The van der Waals surface area contributed by atoms with Gasteiger partial charge in [0.2, 0.25) is 0 Å². The Morgan fingerprint density at radius 1 is 0.846 bits per heavy atom. The first-order chi connectivity index (χ1) is 12.6. The van der Waals surface area contributed by atoms with Gasteiger partial charge in [-0.2, -0.15) is 0 Å². The molecule has 4 aromatic rings. The molecule has 0 N–H and O–H groups in total. The highest BCUT2D eigenvalue weighted by Crippen LogP contribution is 2.34. The molecule has 0 aliphatic rings. The van der Waals surface area contributed by atoms with Gasteiger partial charge in [0.25, 0.3) is 0 Å². The third kappa shape index (κ3) is 3.28. The van der Waals surface area contributed by atoms with Crippen LogP contribution in [-0.4, -0.2) is 17.1 Å². The van der Waals surface area contributed by atoms with Gasteiger partial charge in [0, 0.05) is 21.9 Å². The minimum absolute atomic E-state index is 0.837. The van der Waals surface area contributed by atoms with E-state index >= 15 is 0 Å². The lowest BCUT2D eigenvalue weighted by molar-refractivity contribution is 0.415. The molecule has 26 heavy (non-hydrogen) atoms. The third-order valence-electron chi connectivity index (χ3n) is 4.21. The predicted molar refractivity (Wildman–Crippen MR) is 110 cm³/mol. The second-order valence-electron chi connectivity index (χ2n) is 6.13. The van der Waals surface area contributed by atoms with E-state index in [2.05, 4.69) is 42.8 Å². The fraction of sp³-hybridized carbons (Fsp3) is 0.143. The van der Waals surface area contributed by atoms with Gasteiger partial charge in [-0.05, 0) is 31.5 Å².